The van der Waals surface area contributed by atoms with Crippen LogP contribution in [0, 0.1) is 0 Å². The predicted molar refractivity (Wildman–Crippen MR) is 359 cm³/mol. The molecule has 25 heterocycles. The number of rotatable bonds is 19. The molecule has 55 heteroatoms. The Hall–Kier alpha value is -2.20. The van der Waals surface area contributed by atoms with Gasteiger partial charge in [-0.1, -0.05) is 0 Å². The van der Waals surface area contributed by atoms with Crippen LogP contribution >= 0.6 is 0 Å². The lowest BCUT2D eigenvalue weighted by molar-refractivity contribution is -0.400. The van der Waals surface area contributed by atoms with Gasteiger partial charge in [-0.2, -0.15) is 0 Å². The zero-order chi connectivity index (χ0) is 88.1. The number of ether oxygens (including phenoxy) is 22. The summed E-state index contributed by atoms with van der Waals surface area (Å²) < 4.78 is 127. The van der Waals surface area contributed by atoms with E-state index in [4.69, 9.17) is 104 Å². The van der Waals surface area contributed by atoms with E-state index in [1.54, 1.807) is 0 Å². The molecule has 25 saturated heterocycles. The highest BCUT2D eigenvalue weighted by atomic mass is 16.8. The van der Waals surface area contributed by atoms with Crippen LogP contribution < -0.4 is 0 Å². The van der Waals surface area contributed by atoms with Crippen LogP contribution in [0.3, 0.4) is 0 Å². The summed E-state index contributed by atoms with van der Waals surface area (Å²) >= 11 is 0. The molecule has 25 aliphatic heterocycles. The summed E-state index contributed by atoms with van der Waals surface area (Å²) in [4.78, 5) is 0. The molecule has 25 rings (SSSR count). The normalized spacial score (nSPS) is 55.0. The Morgan fingerprint density at radius 1 is 0.149 bits per heavy atom. The lowest BCUT2D eigenvalue weighted by Crippen LogP contribution is -2.68. The van der Waals surface area contributed by atoms with Crippen molar-refractivity contribution >= 4 is 0 Å². The second kappa shape index (κ2) is 41.9. The molecule has 0 amide bonds. The van der Waals surface area contributed by atoms with Crippen molar-refractivity contribution in [1.29, 1.82) is 0 Å². The Labute approximate surface area is 681 Å². The maximum absolute atomic E-state index is 12.2. The molecule has 0 radical (unpaired) electrons. The van der Waals surface area contributed by atoms with Gasteiger partial charge in [-0.05, 0) is 0 Å². The van der Waals surface area contributed by atoms with E-state index in [2.05, 4.69) is 0 Å². The first kappa shape index (κ1) is 97.8. The summed E-state index contributed by atoms with van der Waals surface area (Å²) in [5.74, 6) is 0. The van der Waals surface area contributed by atoms with Crippen molar-refractivity contribution in [3.05, 3.63) is 0 Å². The second-order valence-electron chi connectivity index (χ2n) is 31.0. The minimum atomic E-state index is -2.51. The van der Waals surface area contributed by atoms with Crippen molar-refractivity contribution in [2.75, 3.05) is 72.7 Å². The van der Waals surface area contributed by atoms with Gasteiger partial charge in [0.25, 0.3) is 0 Å². The monoisotopic (exact) mass is 1780 g/mol. The molecular formula is C66H110O55. The fourth-order valence-electron chi connectivity index (χ4n) is 16.2. The molecular weight excluding hydrogens is 1670 g/mol. The van der Waals surface area contributed by atoms with E-state index in [9.17, 15) is 169 Å². The van der Waals surface area contributed by atoms with Gasteiger partial charge >= 0.3 is 0 Å². The lowest BCUT2D eigenvalue weighted by atomic mass is 9.95. The number of hydrogen-bond donors (Lipinski definition) is 33. The van der Waals surface area contributed by atoms with Gasteiger partial charge in [0.2, 0.25) is 0 Å². The number of hydrogen-bond acceptors (Lipinski definition) is 55. The van der Waals surface area contributed by atoms with Crippen molar-refractivity contribution in [2.45, 2.75) is 338 Å². The Morgan fingerprint density at radius 2 is 0.339 bits per heavy atom. The van der Waals surface area contributed by atoms with E-state index in [0.717, 1.165) is 0 Å². The van der Waals surface area contributed by atoms with Crippen LogP contribution in [-0.2, 0) is 104 Å². The van der Waals surface area contributed by atoms with Crippen molar-refractivity contribution in [3.8, 4) is 0 Å². The highest BCUT2D eigenvalue weighted by molar-refractivity contribution is 5.04. The smallest absolute Gasteiger partial charge is 0.187 e. The molecule has 0 aliphatic carbocycles. The maximum Gasteiger partial charge on any atom is 0.187 e. The molecule has 0 aromatic carbocycles. The topological polar surface area (TPSA) is 871 Å². The molecule has 14 bridgehead atoms. The summed E-state index contributed by atoms with van der Waals surface area (Å²) in [5.41, 5.74) is 0. The van der Waals surface area contributed by atoms with Crippen molar-refractivity contribution in [3.63, 3.8) is 0 Å². The molecule has 0 aromatic rings. The van der Waals surface area contributed by atoms with E-state index >= 15 is 0 Å². The predicted octanol–water partition coefficient (Wildman–Crippen LogP) is -23.9. The first-order valence-electron chi connectivity index (χ1n) is 38.7. The molecule has 33 N–H and O–H groups in total. The lowest BCUT2D eigenvalue weighted by Gasteiger charge is -2.50. The van der Waals surface area contributed by atoms with Crippen LogP contribution in [-0.4, -0.2) is 579 Å². The second-order valence-corrected chi connectivity index (χ2v) is 31.0. The third-order valence-electron chi connectivity index (χ3n) is 23.2. The quantitative estimate of drug-likeness (QED) is 0.0571. The zero-order valence-corrected chi connectivity index (χ0v) is 63.3. The fraction of sp³-hybridized carbons (Fsp3) is 1.00. The maximum atomic E-state index is 12.2. The molecule has 55 nitrogen and oxygen atoms in total. The van der Waals surface area contributed by atoms with E-state index in [0.29, 0.717) is 0 Å². The van der Waals surface area contributed by atoms with Gasteiger partial charge in [-0.25, -0.2) is 0 Å². The first-order valence-corrected chi connectivity index (χ1v) is 38.7. The SMILES string of the molecule is OC[C@H]1O[C@H](OC[C@H]2O[C@H](O[C@H]3[C@H](O)[C@@H](O)[C@@H](OC[C@H]4O[C@@H]5O[C@H]6[C@H](O)[C@@H](O)[C@@H](O[C@H]7[C@H](O)[C@@H](O)[C@@H](O[C@H]8[C@H](O)[C@@H](O)[C@@H](O[C@H]9[C@H](O)[C@@H](O)[C@@H](O[C@H]%10[C@H](O)[C@@H](O)[C@@H](O[C@H]%11[C@H](O)[C@@H](O)[C@@H](O[C@H]4[C@H](O)[C@H]5O)O[C@@H]%11CO)O[C@@H]%10CO)O[C@@H]9CO)O[C@@H]8CO)O[C@@H]7CO)O[C@@H]6CO)O[C@@H]3CO)[C@H](O)[C@@H](O)[C@@H]2O[C@H]2O[C@H](CO)[C@@H](O)[C@H](O)[C@H]2O)[C@@H](O)[C@@H](O)[C@@H]1O. The number of aliphatic hydroxyl groups excluding tert-OH is 33. The highest BCUT2D eigenvalue weighted by Crippen LogP contribution is 2.42. The van der Waals surface area contributed by atoms with Crippen molar-refractivity contribution < 1.29 is 273 Å². The van der Waals surface area contributed by atoms with E-state index < -0.39 is 410 Å². The van der Waals surface area contributed by atoms with Crippen LogP contribution in [0.1, 0.15) is 0 Å². The summed E-state index contributed by atoms with van der Waals surface area (Å²) in [6, 6.07) is 0. The van der Waals surface area contributed by atoms with Crippen LogP contribution in [0.25, 0.3) is 0 Å². The molecule has 0 aromatic heterocycles. The Balaban J connectivity index is 0.805. The fourth-order valence-corrected chi connectivity index (χ4v) is 16.2. The Bertz CT molecular complexity index is 3120. The van der Waals surface area contributed by atoms with Gasteiger partial charge in [-0.15, -0.1) is 0 Å². The molecule has 55 atom stereocenters. The van der Waals surface area contributed by atoms with Gasteiger partial charge in [0.05, 0.1) is 72.7 Å². The third-order valence-corrected chi connectivity index (χ3v) is 23.2. The van der Waals surface area contributed by atoms with Gasteiger partial charge in [0, 0.05) is 0 Å². The Morgan fingerprint density at radius 3 is 0.603 bits per heavy atom. The standard InChI is InChI=1S/C66H110O55/c67-1-12-23(76)25(78)36(89)56(102-12)100-10-21-54(120-58-37(90)26(79)24(77)13(2-68)103-58)34(87)45(98)65(111-21)118-47-14(3-69)104-57(38(91)27(47)80)101-11-22-55-35(88)46(99)66(112-22)119-53-20(9-75)109-63(43(96)32(53)85)116-51-18(7-73)107-61(41(94)30(51)83)114-49-16(5-71)105-59(39(92)28(49)81)113-48-15(4-70)106-60(40(93)29(48)82)115-50-17(6-72)108-62(42(95)31(50)84)117-52-19(8-74)110-64(121-55)44(97)33(52)86/h12-99H,1-11H2/t12-,13-,14-,15-,16-,17-,18-,19-,20-,21-,22-,23-,24-,25+,26+,27-,28-,29-,30-,31-,32-,33-,34-,35-,36+,37-,38-,39-,40-,41-,42-,43-,44-,45-,46-,47-,48-,49-,50-,51-,52-,53-,54-,55-,56+,57+,58-,59-,60-,61-,62-,63-,64-,65-,66-/m1/s1. The zero-order valence-electron chi connectivity index (χ0n) is 63.3. The molecule has 0 unspecified atom stereocenters. The van der Waals surface area contributed by atoms with Crippen molar-refractivity contribution in [1.82, 2.24) is 0 Å². The largest absolute Gasteiger partial charge is 0.394 e. The van der Waals surface area contributed by atoms with Crippen LogP contribution in [0.5, 0.6) is 0 Å². The average molecular weight is 1780 g/mol. The molecule has 121 heavy (non-hydrogen) atoms. The van der Waals surface area contributed by atoms with Gasteiger partial charge in [-0.3, -0.25) is 0 Å². The Kier molecular flexibility index (Phi) is 33.9. The summed E-state index contributed by atoms with van der Waals surface area (Å²) in [6.07, 6.45) is -118. The molecule has 0 saturated carbocycles. The van der Waals surface area contributed by atoms with Gasteiger partial charge < -0.3 is 273 Å². The highest BCUT2D eigenvalue weighted by Gasteiger charge is 2.62. The van der Waals surface area contributed by atoms with Gasteiger partial charge in [0.1, 0.15) is 269 Å². The molecule has 25 fully saturated rings. The third kappa shape index (κ3) is 19.9. The van der Waals surface area contributed by atoms with Gasteiger partial charge in [0.15, 0.2) is 69.2 Å². The van der Waals surface area contributed by atoms with Crippen LogP contribution in [0.4, 0.5) is 0 Å². The first-order chi connectivity index (χ1) is 57.5. The summed E-state index contributed by atoms with van der Waals surface area (Å²) in [5, 5.41) is 369. The van der Waals surface area contributed by atoms with E-state index in [-0.39, 0.29) is 0 Å². The van der Waals surface area contributed by atoms with Crippen molar-refractivity contribution in [2.24, 2.45) is 0 Å². The minimum absolute atomic E-state index is 0.941. The van der Waals surface area contributed by atoms with Crippen LogP contribution in [0.15, 0.2) is 0 Å². The number of aliphatic hydroxyl groups is 33. The molecule has 25 aliphatic rings. The van der Waals surface area contributed by atoms with E-state index in [1.165, 1.54) is 0 Å². The summed E-state index contributed by atoms with van der Waals surface area (Å²) in [7, 11) is 0. The molecule has 0 spiro atoms. The molecule has 704 valence electrons. The van der Waals surface area contributed by atoms with Crippen LogP contribution in [0.2, 0.25) is 0 Å². The average Bonchev–Trinajstić information content (AvgIpc) is 0.811. The summed E-state index contributed by atoms with van der Waals surface area (Å²) in [6.45, 7) is -12.4. The van der Waals surface area contributed by atoms with E-state index in [1.807, 2.05) is 0 Å². The minimum Gasteiger partial charge on any atom is -0.394 e.